The van der Waals surface area contributed by atoms with Crippen LogP contribution >= 0.6 is 0 Å². The van der Waals surface area contributed by atoms with Gasteiger partial charge in [0.25, 0.3) is 5.91 Å². The van der Waals surface area contributed by atoms with Gasteiger partial charge >= 0.3 is 5.97 Å². The van der Waals surface area contributed by atoms with Crippen molar-refractivity contribution < 1.29 is 23.2 Å². The molecule has 0 unspecified atom stereocenters. The summed E-state index contributed by atoms with van der Waals surface area (Å²) < 4.78 is 24.1. The van der Waals surface area contributed by atoms with Crippen molar-refractivity contribution in [3.8, 4) is 11.4 Å². The summed E-state index contributed by atoms with van der Waals surface area (Å²) in [7, 11) is 1.29. The predicted molar refractivity (Wildman–Crippen MR) is 110 cm³/mol. The van der Waals surface area contributed by atoms with Crippen molar-refractivity contribution in [2.24, 2.45) is 5.92 Å². The Balaban J connectivity index is 1.46. The molecule has 0 saturated carbocycles. The highest BCUT2D eigenvalue weighted by Gasteiger charge is 2.28. The van der Waals surface area contributed by atoms with Crippen molar-refractivity contribution in [3.05, 3.63) is 71.4 Å². The smallest absolute Gasteiger partial charge is 0.338 e. The standard InChI is InChI=1S/C23H22FN3O4/c1-30-23(29)17-9-3-2-8-16(17)22(28)27-12-6-7-15(14-27)13-20-25-21(26-31-20)18-10-4-5-11-19(18)24/h2-5,8-11,15H,6-7,12-14H2,1H3/t15-/m1/s1. The van der Waals surface area contributed by atoms with E-state index in [1.54, 1.807) is 47.4 Å². The molecule has 2 heterocycles. The average Bonchev–Trinajstić information content (AvgIpc) is 3.26. The number of amides is 1. The third-order valence-electron chi connectivity index (χ3n) is 5.42. The molecular formula is C23H22FN3O4. The lowest BCUT2D eigenvalue weighted by atomic mass is 9.94. The summed E-state index contributed by atoms with van der Waals surface area (Å²) in [6.07, 6.45) is 2.22. The van der Waals surface area contributed by atoms with Crippen LogP contribution in [0.2, 0.25) is 0 Å². The SMILES string of the molecule is COC(=O)c1ccccc1C(=O)N1CCC[C@H](Cc2nc(-c3ccccc3F)no2)C1. The van der Waals surface area contributed by atoms with Crippen molar-refractivity contribution in [2.45, 2.75) is 19.3 Å². The molecular weight excluding hydrogens is 401 g/mol. The minimum absolute atomic E-state index is 0.122. The molecule has 31 heavy (non-hydrogen) atoms. The summed E-state index contributed by atoms with van der Waals surface area (Å²) in [5.74, 6) is -0.408. The zero-order valence-corrected chi connectivity index (χ0v) is 17.1. The molecule has 1 aromatic heterocycles. The van der Waals surface area contributed by atoms with Gasteiger partial charge in [0.05, 0.1) is 23.8 Å². The first-order valence-electron chi connectivity index (χ1n) is 10.1. The van der Waals surface area contributed by atoms with Crippen LogP contribution in [0, 0.1) is 11.7 Å². The Hall–Kier alpha value is -3.55. The Morgan fingerprint density at radius 2 is 1.90 bits per heavy atom. The second-order valence-electron chi connectivity index (χ2n) is 7.49. The fourth-order valence-electron chi connectivity index (χ4n) is 3.88. The Kier molecular flexibility index (Phi) is 6.06. The van der Waals surface area contributed by atoms with Gasteiger partial charge in [-0.3, -0.25) is 4.79 Å². The zero-order chi connectivity index (χ0) is 21.8. The molecule has 4 rings (SSSR count). The van der Waals surface area contributed by atoms with Gasteiger partial charge in [0.2, 0.25) is 11.7 Å². The molecule has 8 heteroatoms. The number of hydrogen-bond donors (Lipinski definition) is 0. The lowest BCUT2D eigenvalue weighted by molar-refractivity contribution is 0.0581. The van der Waals surface area contributed by atoms with Crippen LogP contribution in [0.25, 0.3) is 11.4 Å². The lowest BCUT2D eigenvalue weighted by Crippen LogP contribution is -2.41. The Morgan fingerprint density at radius 1 is 1.16 bits per heavy atom. The van der Waals surface area contributed by atoms with Crippen LogP contribution < -0.4 is 0 Å². The van der Waals surface area contributed by atoms with E-state index in [4.69, 9.17) is 9.26 Å². The molecule has 0 spiro atoms. The number of nitrogens with zero attached hydrogens (tertiary/aromatic N) is 3. The zero-order valence-electron chi connectivity index (χ0n) is 17.1. The molecule has 7 nitrogen and oxygen atoms in total. The number of ether oxygens (including phenoxy) is 1. The van der Waals surface area contributed by atoms with Gasteiger partial charge in [-0.2, -0.15) is 4.98 Å². The molecule has 0 N–H and O–H groups in total. The Morgan fingerprint density at radius 3 is 2.68 bits per heavy atom. The molecule has 1 aliphatic heterocycles. The van der Waals surface area contributed by atoms with Gasteiger partial charge < -0.3 is 14.2 Å². The summed E-state index contributed by atoms with van der Waals surface area (Å²) in [5.41, 5.74) is 0.871. The van der Waals surface area contributed by atoms with Gasteiger partial charge in [0.15, 0.2) is 0 Å². The first-order valence-corrected chi connectivity index (χ1v) is 10.1. The number of benzene rings is 2. The van der Waals surface area contributed by atoms with E-state index in [9.17, 15) is 14.0 Å². The molecule has 0 aliphatic carbocycles. The van der Waals surface area contributed by atoms with Crippen molar-refractivity contribution in [1.82, 2.24) is 15.0 Å². The topological polar surface area (TPSA) is 85.5 Å². The monoisotopic (exact) mass is 423 g/mol. The van der Waals surface area contributed by atoms with Gasteiger partial charge in [0.1, 0.15) is 5.82 Å². The minimum atomic E-state index is -0.538. The van der Waals surface area contributed by atoms with Crippen molar-refractivity contribution in [1.29, 1.82) is 0 Å². The van der Waals surface area contributed by atoms with Crippen molar-refractivity contribution in [2.75, 3.05) is 20.2 Å². The molecule has 1 fully saturated rings. The first kappa shape index (κ1) is 20.7. The van der Waals surface area contributed by atoms with Crippen LogP contribution in [0.3, 0.4) is 0 Å². The van der Waals surface area contributed by atoms with E-state index in [1.807, 2.05) is 0 Å². The number of methoxy groups -OCH3 is 1. The van der Waals surface area contributed by atoms with E-state index in [1.165, 1.54) is 13.2 Å². The number of rotatable bonds is 5. The number of esters is 1. The van der Waals surface area contributed by atoms with E-state index in [0.29, 0.717) is 31.0 Å². The first-order chi connectivity index (χ1) is 15.1. The van der Waals surface area contributed by atoms with E-state index in [2.05, 4.69) is 10.1 Å². The minimum Gasteiger partial charge on any atom is -0.465 e. The molecule has 1 saturated heterocycles. The van der Waals surface area contributed by atoms with Crippen molar-refractivity contribution >= 4 is 11.9 Å². The molecule has 1 atom stereocenters. The van der Waals surface area contributed by atoms with Crippen LogP contribution in [0.1, 0.15) is 39.4 Å². The van der Waals surface area contributed by atoms with E-state index < -0.39 is 11.8 Å². The van der Waals surface area contributed by atoms with E-state index in [0.717, 1.165) is 12.8 Å². The number of carbonyl (C=O) groups is 2. The maximum atomic E-state index is 14.0. The third-order valence-corrected chi connectivity index (χ3v) is 5.42. The summed E-state index contributed by atoms with van der Waals surface area (Å²) in [4.78, 5) is 31.2. The average molecular weight is 423 g/mol. The van der Waals surface area contributed by atoms with Gasteiger partial charge in [-0.25, -0.2) is 9.18 Å². The molecule has 2 aromatic carbocycles. The highest BCUT2D eigenvalue weighted by molar-refractivity contribution is 6.05. The number of halogens is 1. The van der Waals surface area contributed by atoms with Crippen molar-refractivity contribution in [3.63, 3.8) is 0 Å². The summed E-state index contributed by atoms with van der Waals surface area (Å²) in [6.45, 7) is 1.11. The predicted octanol–water partition coefficient (Wildman–Crippen LogP) is 3.76. The number of carbonyl (C=O) groups excluding carboxylic acids is 2. The van der Waals surface area contributed by atoms with E-state index >= 15 is 0 Å². The molecule has 160 valence electrons. The third kappa shape index (κ3) is 4.47. The van der Waals surface area contributed by atoms with Gasteiger partial charge in [0, 0.05) is 19.5 Å². The number of hydrogen-bond acceptors (Lipinski definition) is 6. The number of aromatic nitrogens is 2. The summed E-state index contributed by atoms with van der Waals surface area (Å²) in [5, 5.41) is 3.90. The van der Waals surface area contributed by atoms with Crippen LogP contribution in [-0.4, -0.2) is 47.1 Å². The van der Waals surface area contributed by atoms with Crippen LogP contribution in [0.5, 0.6) is 0 Å². The van der Waals surface area contributed by atoms with E-state index in [-0.39, 0.29) is 28.8 Å². The molecule has 3 aromatic rings. The fourth-order valence-corrected chi connectivity index (χ4v) is 3.88. The second kappa shape index (κ2) is 9.07. The number of likely N-dealkylation sites (tertiary alicyclic amines) is 1. The molecule has 1 aliphatic rings. The highest BCUT2D eigenvalue weighted by Crippen LogP contribution is 2.25. The number of piperidine rings is 1. The van der Waals surface area contributed by atoms with Crippen LogP contribution in [0.15, 0.2) is 53.1 Å². The second-order valence-corrected chi connectivity index (χ2v) is 7.49. The van der Waals surface area contributed by atoms with Gasteiger partial charge in [-0.1, -0.05) is 29.4 Å². The fraction of sp³-hybridized carbons (Fsp3) is 0.304. The van der Waals surface area contributed by atoms with Gasteiger partial charge in [-0.05, 0) is 43.0 Å². The van der Waals surface area contributed by atoms with Crippen LogP contribution in [0.4, 0.5) is 4.39 Å². The largest absolute Gasteiger partial charge is 0.465 e. The molecule has 0 radical (unpaired) electrons. The normalized spacial score (nSPS) is 16.2. The maximum Gasteiger partial charge on any atom is 0.338 e. The lowest BCUT2D eigenvalue weighted by Gasteiger charge is -2.32. The van der Waals surface area contributed by atoms with Gasteiger partial charge in [-0.15, -0.1) is 0 Å². The Labute approximate surface area is 178 Å². The quantitative estimate of drug-likeness (QED) is 0.581. The highest BCUT2D eigenvalue weighted by atomic mass is 19.1. The molecule has 0 bridgehead atoms. The van der Waals surface area contributed by atoms with Crippen LogP contribution in [-0.2, 0) is 11.2 Å². The maximum absolute atomic E-state index is 14.0. The Bertz CT molecular complexity index is 1100. The molecule has 1 amide bonds. The summed E-state index contributed by atoms with van der Waals surface area (Å²) in [6, 6.07) is 12.9. The summed E-state index contributed by atoms with van der Waals surface area (Å²) >= 11 is 0.